The van der Waals surface area contributed by atoms with Gasteiger partial charge < -0.3 is 20.5 Å². The zero-order valence-corrected chi connectivity index (χ0v) is 13.6. The lowest BCUT2D eigenvalue weighted by atomic mass is 10.2. The van der Waals surface area contributed by atoms with Gasteiger partial charge in [-0.05, 0) is 36.8 Å². The van der Waals surface area contributed by atoms with Crippen LogP contribution in [0.25, 0.3) is 0 Å². The summed E-state index contributed by atoms with van der Waals surface area (Å²) in [6, 6.07) is 13.6. The number of hydrogen-bond donors (Lipinski definition) is 2. The number of nitrogens with one attached hydrogen (secondary N) is 1. The summed E-state index contributed by atoms with van der Waals surface area (Å²) < 4.78 is 11.0. The molecule has 0 aromatic heterocycles. The van der Waals surface area contributed by atoms with Gasteiger partial charge in [0.1, 0.15) is 0 Å². The number of para-hydroxylation sites is 2. The van der Waals surface area contributed by atoms with Gasteiger partial charge in [0.15, 0.2) is 17.6 Å². The molecule has 0 saturated heterocycles. The highest BCUT2D eigenvalue weighted by Crippen LogP contribution is 2.27. The Labute approximate surface area is 140 Å². The average molecular weight is 328 g/mol. The molecular formula is C18H20N2O4. The number of methoxy groups -OCH3 is 1. The van der Waals surface area contributed by atoms with Crippen molar-refractivity contribution in [3.05, 3.63) is 54.1 Å². The highest BCUT2D eigenvalue weighted by atomic mass is 16.5. The third-order valence-corrected chi connectivity index (χ3v) is 3.42. The lowest BCUT2D eigenvalue weighted by Gasteiger charge is -2.19. The number of ether oxygens (including phenoxy) is 2. The number of carbonyl (C=O) groups excluding carboxylic acids is 2. The number of amides is 2. The molecular weight excluding hydrogens is 308 g/mol. The smallest absolute Gasteiger partial charge is 0.265 e. The Bertz CT molecular complexity index is 730. The van der Waals surface area contributed by atoms with Gasteiger partial charge in [-0.25, -0.2) is 0 Å². The summed E-state index contributed by atoms with van der Waals surface area (Å²) in [5.41, 5.74) is 6.05. The SMILES string of the molecule is CCC(Oc1ccccc1OC)C(=O)Nc1cccc(C(N)=O)c1. The van der Waals surface area contributed by atoms with Crippen LogP contribution in [-0.2, 0) is 4.79 Å². The average Bonchev–Trinajstić information content (AvgIpc) is 2.60. The van der Waals surface area contributed by atoms with Crippen LogP contribution in [0.15, 0.2) is 48.5 Å². The van der Waals surface area contributed by atoms with Gasteiger partial charge in [0, 0.05) is 11.3 Å². The maximum Gasteiger partial charge on any atom is 0.265 e. The molecule has 0 aliphatic rings. The lowest BCUT2D eigenvalue weighted by Crippen LogP contribution is -2.32. The lowest BCUT2D eigenvalue weighted by molar-refractivity contribution is -0.122. The third kappa shape index (κ3) is 4.25. The standard InChI is InChI=1S/C18H20N2O4/c1-3-14(24-16-10-5-4-9-15(16)23-2)18(22)20-13-8-6-7-12(11-13)17(19)21/h4-11,14H,3H2,1-2H3,(H2,19,21)(H,20,22). The molecule has 6 heteroatoms. The fourth-order valence-electron chi connectivity index (χ4n) is 2.16. The molecule has 2 rings (SSSR count). The van der Waals surface area contributed by atoms with Gasteiger partial charge >= 0.3 is 0 Å². The van der Waals surface area contributed by atoms with E-state index in [0.717, 1.165) is 0 Å². The van der Waals surface area contributed by atoms with Crippen LogP contribution in [0.3, 0.4) is 0 Å². The molecule has 0 saturated carbocycles. The molecule has 2 aromatic carbocycles. The molecule has 1 atom stereocenters. The molecule has 3 N–H and O–H groups in total. The molecule has 0 spiro atoms. The van der Waals surface area contributed by atoms with Gasteiger partial charge in [-0.3, -0.25) is 9.59 Å². The van der Waals surface area contributed by atoms with Crippen molar-refractivity contribution in [2.75, 3.05) is 12.4 Å². The zero-order valence-electron chi connectivity index (χ0n) is 13.6. The number of nitrogens with two attached hydrogens (primary N) is 1. The van der Waals surface area contributed by atoms with Crippen molar-refractivity contribution in [3.63, 3.8) is 0 Å². The first-order chi connectivity index (χ1) is 11.5. The van der Waals surface area contributed by atoms with Crippen molar-refractivity contribution in [1.82, 2.24) is 0 Å². The number of benzene rings is 2. The molecule has 0 fully saturated rings. The third-order valence-electron chi connectivity index (χ3n) is 3.42. The Morgan fingerprint density at radius 1 is 1.12 bits per heavy atom. The maximum absolute atomic E-state index is 12.4. The molecule has 126 valence electrons. The molecule has 24 heavy (non-hydrogen) atoms. The molecule has 2 amide bonds. The molecule has 0 heterocycles. The molecule has 0 aliphatic heterocycles. The van der Waals surface area contributed by atoms with E-state index in [1.807, 2.05) is 13.0 Å². The van der Waals surface area contributed by atoms with E-state index in [4.69, 9.17) is 15.2 Å². The highest BCUT2D eigenvalue weighted by Gasteiger charge is 2.20. The van der Waals surface area contributed by atoms with E-state index in [1.165, 1.54) is 6.07 Å². The number of carbonyl (C=O) groups is 2. The number of anilines is 1. The second-order valence-electron chi connectivity index (χ2n) is 5.10. The summed E-state index contributed by atoms with van der Waals surface area (Å²) in [5.74, 6) is 0.181. The fourth-order valence-corrected chi connectivity index (χ4v) is 2.16. The minimum absolute atomic E-state index is 0.315. The van der Waals surface area contributed by atoms with Crippen molar-refractivity contribution < 1.29 is 19.1 Å². The Morgan fingerprint density at radius 3 is 2.46 bits per heavy atom. The van der Waals surface area contributed by atoms with E-state index >= 15 is 0 Å². The van der Waals surface area contributed by atoms with E-state index in [-0.39, 0.29) is 5.91 Å². The zero-order chi connectivity index (χ0) is 17.5. The van der Waals surface area contributed by atoms with Crippen LogP contribution in [-0.4, -0.2) is 25.0 Å². The van der Waals surface area contributed by atoms with Gasteiger partial charge in [-0.15, -0.1) is 0 Å². The van der Waals surface area contributed by atoms with Gasteiger partial charge in [0.05, 0.1) is 7.11 Å². The van der Waals surface area contributed by atoms with Gasteiger partial charge in [0.25, 0.3) is 5.91 Å². The van der Waals surface area contributed by atoms with Crippen molar-refractivity contribution in [2.45, 2.75) is 19.4 Å². The Morgan fingerprint density at radius 2 is 1.83 bits per heavy atom. The van der Waals surface area contributed by atoms with Crippen LogP contribution >= 0.6 is 0 Å². The first kappa shape index (κ1) is 17.3. The maximum atomic E-state index is 12.4. The van der Waals surface area contributed by atoms with Gasteiger partial charge in [-0.2, -0.15) is 0 Å². The monoisotopic (exact) mass is 328 g/mol. The Balaban J connectivity index is 2.11. The van der Waals surface area contributed by atoms with E-state index < -0.39 is 12.0 Å². The van der Waals surface area contributed by atoms with Crippen LogP contribution in [0.5, 0.6) is 11.5 Å². The van der Waals surface area contributed by atoms with Crippen molar-refractivity contribution in [1.29, 1.82) is 0 Å². The summed E-state index contributed by atoms with van der Waals surface area (Å²) >= 11 is 0. The Kier molecular flexibility index (Phi) is 5.78. The first-order valence-corrected chi connectivity index (χ1v) is 7.55. The first-order valence-electron chi connectivity index (χ1n) is 7.55. The topological polar surface area (TPSA) is 90.7 Å². The fraction of sp³-hybridized carbons (Fsp3) is 0.222. The van der Waals surface area contributed by atoms with Crippen molar-refractivity contribution >= 4 is 17.5 Å². The Hall–Kier alpha value is -3.02. The normalized spacial score (nSPS) is 11.4. The van der Waals surface area contributed by atoms with Crippen LogP contribution < -0.4 is 20.5 Å². The van der Waals surface area contributed by atoms with Crippen LogP contribution in [0, 0.1) is 0 Å². The minimum Gasteiger partial charge on any atom is -0.493 e. The van der Waals surface area contributed by atoms with Crippen molar-refractivity contribution in [3.8, 4) is 11.5 Å². The second kappa shape index (κ2) is 8.01. The van der Waals surface area contributed by atoms with Crippen LogP contribution in [0.2, 0.25) is 0 Å². The van der Waals surface area contributed by atoms with E-state index in [9.17, 15) is 9.59 Å². The summed E-state index contributed by atoms with van der Waals surface area (Å²) in [4.78, 5) is 23.6. The summed E-state index contributed by atoms with van der Waals surface area (Å²) in [7, 11) is 1.54. The molecule has 0 radical (unpaired) electrons. The quantitative estimate of drug-likeness (QED) is 0.817. The molecule has 0 aliphatic carbocycles. The van der Waals surface area contributed by atoms with E-state index in [1.54, 1.807) is 43.5 Å². The van der Waals surface area contributed by atoms with E-state index in [0.29, 0.717) is 29.2 Å². The summed E-state index contributed by atoms with van der Waals surface area (Å²) in [6.07, 6.45) is -0.224. The minimum atomic E-state index is -0.696. The van der Waals surface area contributed by atoms with Crippen LogP contribution in [0.4, 0.5) is 5.69 Å². The molecule has 0 bridgehead atoms. The molecule has 6 nitrogen and oxygen atoms in total. The highest BCUT2D eigenvalue weighted by molar-refractivity contribution is 5.97. The number of hydrogen-bond acceptors (Lipinski definition) is 4. The van der Waals surface area contributed by atoms with E-state index in [2.05, 4.69) is 5.32 Å². The largest absolute Gasteiger partial charge is 0.493 e. The second-order valence-corrected chi connectivity index (χ2v) is 5.10. The molecule has 1 unspecified atom stereocenters. The predicted molar refractivity (Wildman–Crippen MR) is 91.3 cm³/mol. The number of primary amides is 1. The van der Waals surface area contributed by atoms with Gasteiger partial charge in [-0.1, -0.05) is 25.1 Å². The summed E-state index contributed by atoms with van der Waals surface area (Å²) in [5, 5.41) is 2.73. The van der Waals surface area contributed by atoms with Crippen molar-refractivity contribution in [2.24, 2.45) is 5.73 Å². The summed E-state index contributed by atoms with van der Waals surface area (Å²) in [6.45, 7) is 1.85. The predicted octanol–water partition coefficient (Wildman–Crippen LogP) is 2.59. The van der Waals surface area contributed by atoms with Crippen LogP contribution in [0.1, 0.15) is 23.7 Å². The van der Waals surface area contributed by atoms with Gasteiger partial charge in [0.2, 0.25) is 5.91 Å². The molecule has 2 aromatic rings. The number of rotatable bonds is 7.